The van der Waals surface area contributed by atoms with Crippen LogP contribution in [0.4, 0.5) is 0 Å². The first-order chi connectivity index (χ1) is 16.0. The van der Waals surface area contributed by atoms with Crippen LogP contribution in [0.3, 0.4) is 0 Å². The van der Waals surface area contributed by atoms with Crippen LogP contribution in [0.15, 0.2) is 42.5 Å². The number of halogens is 2. The Labute approximate surface area is 210 Å². The Morgan fingerprint density at radius 3 is 2.21 bits per heavy atom. The lowest BCUT2D eigenvalue weighted by molar-refractivity contribution is -0.127. The number of hydrogen-bond donors (Lipinski definition) is 2. The molecule has 1 atom stereocenters. The van der Waals surface area contributed by atoms with Crippen LogP contribution in [-0.4, -0.2) is 66.3 Å². The molecule has 9 heteroatoms. The molecule has 1 saturated heterocycles. The van der Waals surface area contributed by atoms with Gasteiger partial charge in [0.25, 0.3) is 11.8 Å². The van der Waals surface area contributed by atoms with Crippen molar-refractivity contribution in [3.05, 3.63) is 69.2 Å². The standard InChI is InChI=1S/C25H30Cl2N4O3/c1-25(2,3)18-7-4-16(5-8-18)24(34)31-13-12-30(15-21(31)22(32)29-11-10-28)23(33)17-6-9-19(26)20(27)14-17/h4-9,14,21H,10-13,15,28H2,1-3H3,(H,29,32). The van der Waals surface area contributed by atoms with Crippen molar-refractivity contribution in [1.29, 1.82) is 0 Å². The van der Waals surface area contributed by atoms with Crippen LogP contribution in [0, 0.1) is 0 Å². The highest BCUT2D eigenvalue weighted by Gasteiger charge is 2.37. The van der Waals surface area contributed by atoms with Crippen molar-refractivity contribution in [2.24, 2.45) is 5.73 Å². The monoisotopic (exact) mass is 504 g/mol. The van der Waals surface area contributed by atoms with Gasteiger partial charge in [0.05, 0.1) is 16.6 Å². The van der Waals surface area contributed by atoms with E-state index in [0.717, 1.165) is 5.56 Å². The van der Waals surface area contributed by atoms with Gasteiger partial charge in [-0.25, -0.2) is 0 Å². The second kappa shape index (κ2) is 10.8. The van der Waals surface area contributed by atoms with E-state index in [4.69, 9.17) is 28.9 Å². The van der Waals surface area contributed by atoms with Gasteiger partial charge in [-0.05, 0) is 41.3 Å². The molecule has 0 radical (unpaired) electrons. The van der Waals surface area contributed by atoms with Gasteiger partial charge in [0.15, 0.2) is 0 Å². The minimum absolute atomic E-state index is 0.0389. The number of carbonyl (C=O) groups is 3. The fourth-order valence-electron chi connectivity index (χ4n) is 3.84. The van der Waals surface area contributed by atoms with Crippen LogP contribution in [0.5, 0.6) is 0 Å². The van der Waals surface area contributed by atoms with Gasteiger partial charge in [-0.2, -0.15) is 0 Å². The molecular weight excluding hydrogens is 475 g/mol. The molecule has 3 rings (SSSR count). The van der Waals surface area contributed by atoms with E-state index in [1.54, 1.807) is 29.2 Å². The van der Waals surface area contributed by atoms with E-state index in [2.05, 4.69) is 26.1 Å². The summed E-state index contributed by atoms with van der Waals surface area (Å²) in [6, 6.07) is 11.2. The van der Waals surface area contributed by atoms with Crippen LogP contribution in [-0.2, 0) is 10.2 Å². The molecule has 2 aromatic carbocycles. The van der Waals surface area contributed by atoms with Crippen LogP contribution < -0.4 is 11.1 Å². The number of piperazine rings is 1. The lowest BCUT2D eigenvalue weighted by atomic mass is 9.86. The Kier molecular flexibility index (Phi) is 8.23. The quantitative estimate of drug-likeness (QED) is 0.652. The Hall–Kier alpha value is -2.61. The maximum Gasteiger partial charge on any atom is 0.254 e. The predicted molar refractivity (Wildman–Crippen MR) is 134 cm³/mol. The van der Waals surface area contributed by atoms with Gasteiger partial charge in [-0.1, -0.05) is 56.1 Å². The van der Waals surface area contributed by atoms with Crippen molar-refractivity contribution in [3.63, 3.8) is 0 Å². The molecular formula is C25H30Cl2N4O3. The third-order valence-electron chi connectivity index (χ3n) is 5.84. The van der Waals surface area contributed by atoms with Crippen LogP contribution >= 0.6 is 23.2 Å². The molecule has 182 valence electrons. The van der Waals surface area contributed by atoms with Gasteiger partial charge >= 0.3 is 0 Å². The molecule has 34 heavy (non-hydrogen) atoms. The number of amides is 3. The molecule has 1 heterocycles. The van der Waals surface area contributed by atoms with Gasteiger partial charge in [-0.15, -0.1) is 0 Å². The highest BCUT2D eigenvalue weighted by molar-refractivity contribution is 6.42. The van der Waals surface area contributed by atoms with Crippen molar-refractivity contribution in [1.82, 2.24) is 15.1 Å². The molecule has 0 spiro atoms. The number of carbonyl (C=O) groups excluding carboxylic acids is 3. The van der Waals surface area contributed by atoms with E-state index in [1.807, 2.05) is 12.1 Å². The van der Waals surface area contributed by atoms with Crippen LogP contribution in [0.1, 0.15) is 47.1 Å². The molecule has 7 nitrogen and oxygen atoms in total. The Morgan fingerprint density at radius 1 is 0.971 bits per heavy atom. The zero-order valence-electron chi connectivity index (χ0n) is 19.6. The first kappa shape index (κ1) is 26.0. The predicted octanol–water partition coefficient (Wildman–Crippen LogP) is 3.33. The van der Waals surface area contributed by atoms with E-state index in [0.29, 0.717) is 16.1 Å². The Bertz CT molecular complexity index is 1070. The molecule has 2 aromatic rings. The van der Waals surface area contributed by atoms with Crippen molar-refractivity contribution < 1.29 is 14.4 Å². The van der Waals surface area contributed by atoms with Crippen molar-refractivity contribution in [2.75, 3.05) is 32.7 Å². The molecule has 3 N–H and O–H groups in total. The molecule has 1 unspecified atom stereocenters. The molecule has 0 saturated carbocycles. The summed E-state index contributed by atoms with van der Waals surface area (Å²) in [6.07, 6.45) is 0. The van der Waals surface area contributed by atoms with Crippen molar-refractivity contribution in [2.45, 2.75) is 32.2 Å². The summed E-state index contributed by atoms with van der Waals surface area (Å²) in [5.74, 6) is -0.886. The summed E-state index contributed by atoms with van der Waals surface area (Å²) < 4.78 is 0. The maximum absolute atomic E-state index is 13.4. The first-order valence-corrected chi connectivity index (χ1v) is 11.9. The lowest BCUT2D eigenvalue weighted by Crippen LogP contribution is -2.61. The Balaban J connectivity index is 1.83. The molecule has 1 aliphatic heterocycles. The second-order valence-electron chi connectivity index (χ2n) is 9.30. The van der Waals surface area contributed by atoms with Gasteiger partial charge < -0.3 is 20.9 Å². The second-order valence-corrected chi connectivity index (χ2v) is 10.1. The maximum atomic E-state index is 13.4. The summed E-state index contributed by atoms with van der Waals surface area (Å²) in [5, 5.41) is 3.38. The minimum atomic E-state index is -0.846. The number of benzene rings is 2. The average Bonchev–Trinajstić information content (AvgIpc) is 2.82. The van der Waals surface area contributed by atoms with Crippen molar-refractivity contribution >= 4 is 40.9 Å². The number of nitrogens with one attached hydrogen (secondary N) is 1. The first-order valence-electron chi connectivity index (χ1n) is 11.2. The SMILES string of the molecule is CC(C)(C)c1ccc(C(=O)N2CCN(C(=O)c3ccc(Cl)c(Cl)c3)CC2C(=O)NCCN)cc1. The lowest BCUT2D eigenvalue weighted by Gasteiger charge is -2.40. The normalized spacial score (nSPS) is 16.4. The summed E-state index contributed by atoms with van der Waals surface area (Å²) in [6.45, 7) is 7.41. The van der Waals surface area contributed by atoms with Crippen LogP contribution in [0.25, 0.3) is 0 Å². The molecule has 1 aliphatic rings. The highest BCUT2D eigenvalue weighted by atomic mass is 35.5. The van der Waals surface area contributed by atoms with E-state index in [9.17, 15) is 14.4 Å². The van der Waals surface area contributed by atoms with E-state index >= 15 is 0 Å². The third-order valence-corrected chi connectivity index (χ3v) is 6.58. The fraction of sp³-hybridized carbons (Fsp3) is 0.400. The van der Waals surface area contributed by atoms with Crippen LogP contribution in [0.2, 0.25) is 10.0 Å². The minimum Gasteiger partial charge on any atom is -0.353 e. The van der Waals surface area contributed by atoms with Gasteiger partial charge in [-0.3, -0.25) is 14.4 Å². The summed E-state index contributed by atoms with van der Waals surface area (Å²) in [7, 11) is 0. The number of nitrogens with two attached hydrogens (primary N) is 1. The van der Waals surface area contributed by atoms with E-state index < -0.39 is 6.04 Å². The average molecular weight is 505 g/mol. The molecule has 0 aromatic heterocycles. The summed E-state index contributed by atoms with van der Waals surface area (Å²) >= 11 is 12.0. The summed E-state index contributed by atoms with van der Waals surface area (Å²) in [4.78, 5) is 42.5. The molecule has 3 amide bonds. The smallest absolute Gasteiger partial charge is 0.254 e. The van der Waals surface area contributed by atoms with Crippen molar-refractivity contribution in [3.8, 4) is 0 Å². The topological polar surface area (TPSA) is 95.7 Å². The van der Waals surface area contributed by atoms with E-state index in [-0.39, 0.29) is 60.9 Å². The largest absolute Gasteiger partial charge is 0.353 e. The molecule has 0 bridgehead atoms. The number of hydrogen-bond acceptors (Lipinski definition) is 4. The Morgan fingerprint density at radius 2 is 1.62 bits per heavy atom. The number of nitrogens with zero attached hydrogens (tertiary/aromatic N) is 2. The third kappa shape index (κ3) is 5.90. The van der Waals surface area contributed by atoms with Gasteiger partial charge in [0, 0.05) is 37.3 Å². The number of rotatable bonds is 5. The van der Waals surface area contributed by atoms with E-state index in [1.165, 1.54) is 11.0 Å². The zero-order chi connectivity index (χ0) is 25.0. The van der Waals surface area contributed by atoms with Gasteiger partial charge in [0.1, 0.15) is 6.04 Å². The summed E-state index contributed by atoms with van der Waals surface area (Å²) in [5.41, 5.74) is 7.47. The molecule has 1 fully saturated rings. The highest BCUT2D eigenvalue weighted by Crippen LogP contribution is 2.25. The molecule has 0 aliphatic carbocycles. The fourth-order valence-corrected chi connectivity index (χ4v) is 4.14. The zero-order valence-corrected chi connectivity index (χ0v) is 21.1. The van der Waals surface area contributed by atoms with Gasteiger partial charge in [0.2, 0.25) is 5.91 Å².